The SMILES string of the molecule is CC(CCC(=O)O)CNC(=O)c1ccc(N)c(Cl)c1. The molecule has 0 bridgehead atoms. The number of nitrogens with one attached hydrogen (secondary N) is 1. The van der Waals surface area contributed by atoms with Gasteiger partial charge in [0.15, 0.2) is 0 Å². The molecule has 1 unspecified atom stereocenters. The molecular weight excluding hydrogens is 268 g/mol. The lowest BCUT2D eigenvalue weighted by atomic mass is 10.1. The molecular formula is C13H17ClN2O3. The second-order valence-electron chi connectivity index (χ2n) is 4.48. The maximum absolute atomic E-state index is 11.8. The Bertz CT molecular complexity index is 477. The maximum atomic E-state index is 11.8. The molecule has 19 heavy (non-hydrogen) atoms. The van der Waals surface area contributed by atoms with E-state index in [2.05, 4.69) is 5.32 Å². The summed E-state index contributed by atoms with van der Waals surface area (Å²) >= 11 is 5.83. The molecule has 4 N–H and O–H groups in total. The predicted octanol–water partition coefficient (Wildman–Crippen LogP) is 2.15. The van der Waals surface area contributed by atoms with Crippen molar-refractivity contribution in [3.05, 3.63) is 28.8 Å². The summed E-state index contributed by atoms with van der Waals surface area (Å²) < 4.78 is 0. The van der Waals surface area contributed by atoms with E-state index in [1.54, 1.807) is 12.1 Å². The molecule has 104 valence electrons. The number of carboxylic acids is 1. The Labute approximate surface area is 116 Å². The van der Waals surface area contributed by atoms with Gasteiger partial charge in [0.25, 0.3) is 5.91 Å². The van der Waals surface area contributed by atoms with Crippen LogP contribution >= 0.6 is 11.6 Å². The van der Waals surface area contributed by atoms with Gasteiger partial charge in [0, 0.05) is 18.5 Å². The largest absolute Gasteiger partial charge is 0.481 e. The van der Waals surface area contributed by atoms with Crippen LogP contribution in [0.1, 0.15) is 30.1 Å². The Morgan fingerprint density at radius 2 is 2.16 bits per heavy atom. The fourth-order valence-corrected chi connectivity index (χ4v) is 1.69. The van der Waals surface area contributed by atoms with Gasteiger partial charge in [-0.05, 0) is 30.5 Å². The van der Waals surface area contributed by atoms with Gasteiger partial charge in [-0.2, -0.15) is 0 Å². The number of carbonyl (C=O) groups is 2. The summed E-state index contributed by atoms with van der Waals surface area (Å²) in [5.74, 6) is -0.975. The molecule has 1 aromatic rings. The molecule has 0 heterocycles. The van der Waals surface area contributed by atoms with E-state index in [0.29, 0.717) is 29.2 Å². The van der Waals surface area contributed by atoms with Crippen molar-refractivity contribution in [2.75, 3.05) is 12.3 Å². The van der Waals surface area contributed by atoms with Crippen LogP contribution < -0.4 is 11.1 Å². The first kappa shape index (κ1) is 15.3. The third kappa shape index (κ3) is 5.18. The van der Waals surface area contributed by atoms with E-state index in [4.69, 9.17) is 22.4 Å². The molecule has 1 atom stereocenters. The minimum absolute atomic E-state index is 0.101. The Hall–Kier alpha value is -1.75. The number of carbonyl (C=O) groups excluding carboxylic acids is 1. The number of carboxylic acid groups (broad SMARTS) is 1. The highest BCUT2D eigenvalue weighted by Crippen LogP contribution is 2.19. The summed E-state index contributed by atoms with van der Waals surface area (Å²) in [6, 6.07) is 4.68. The van der Waals surface area contributed by atoms with Crippen molar-refractivity contribution in [3.8, 4) is 0 Å². The van der Waals surface area contributed by atoms with Crippen molar-refractivity contribution in [1.29, 1.82) is 0 Å². The average Bonchev–Trinajstić information content (AvgIpc) is 2.36. The lowest BCUT2D eigenvalue weighted by Gasteiger charge is -2.11. The zero-order chi connectivity index (χ0) is 14.4. The average molecular weight is 285 g/mol. The van der Waals surface area contributed by atoms with E-state index in [1.807, 2.05) is 6.92 Å². The standard InChI is InChI=1S/C13H17ClN2O3/c1-8(2-5-12(17)18)7-16-13(19)9-3-4-11(15)10(14)6-9/h3-4,6,8H,2,5,7,15H2,1H3,(H,16,19)(H,17,18). The van der Waals surface area contributed by atoms with Crippen LogP contribution in [0.2, 0.25) is 5.02 Å². The van der Waals surface area contributed by atoms with Crippen molar-refractivity contribution in [2.24, 2.45) is 5.92 Å². The minimum Gasteiger partial charge on any atom is -0.481 e. The van der Waals surface area contributed by atoms with E-state index in [1.165, 1.54) is 6.07 Å². The highest BCUT2D eigenvalue weighted by molar-refractivity contribution is 6.33. The van der Waals surface area contributed by atoms with Gasteiger partial charge in [-0.15, -0.1) is 0 Å². The van der Waals surface area contributed by atoms with Gasteiger partial charge >= 0.3 is 5.97 Å². The van der Waals surface area contributed by atoms with Crippen LogP contribution in [-0.4, -0.2) is 23.5 Å². The van der Waals surface area contributed by atoms with Crippen LogP contribution in [0.25, 0.3) is 0 Å². The first-order chi connectivity index (χ1) is 8.90. The third-order valence-electron chi connectivity index (χ3n) is 2.72. The monoisotopic (exact) mass is 284 g/mol. The predicted molar refractivity (Wildman–Crippen MR) is 74.2 cm³/mol. The summed E-state index contributed by atoms with van der Waals surface area (Å²) in [5.41, 5.74) is 6.42. The Morgan fingerprint density at radius 3 is 2.74 bits per heavy atom. The second-order valence-corrected chi connectivity index (χ2v) is 4.89. The molecule has 5 nitrogen and oxygen atoms in total. The molecule has 1 aromatic carbocycles. The van der Waals surface area contributed by atoms with Gasteiger partial charge in [0.2, 0.25) is 0 Å². The van der Waals surface area contributed by atoms with E-state index in [-0.39, 0.29) is 18.2 Å². The smallest absolute Gasteiger partial charge is 0.303 e. The van der Waals surface area contributed by atoms with E-state index >= 15 is 0 Å². The van der Waals surface area contributed by atoms with Gasteiger partial charge in [0.05, 0.1) is 10.7 Å². The fourth-order valence-electron chi connectivity index (χ4n) is 1.51. The van der Waals surface area contributed by atoms with Crippen LogP contribution in [-0.2, 0) is 4.79 Å². The molecule has 0 fully saturated rings. The number of anilines is 1. The molecule has 0 saturated heterocycles. The van der Waals surface area contributed by atoms with Crippen LogP contribution in [0.5, 0.6) is 0 Å². The number of rotatable bonds is 6. The normalized spacial score (nSPS) is 11.9. The van der Waals surface area contributed by atoms with Gasteiger partial charge in [-0.1, -0.05) is 18.5 Å². The molecule has 1 amide bonds. The number of amides is 1. The van der Waals surface area contributed by atoms with Crippen molar-refractivity contribution in [3.63, 3.8) is 0 Å². The van der Waals surface area contributed by atoms with E-state index in [9.17, 15) is 9.59 Å². The van der Waals surface area contributed by atoms with Crippen molar-refractivity contribution < 1.29 is 14.7 Å². The lowest BCUT2D eigenvalue weighted by Crippen LogP contribution is -2.28. The van der Waals surface area contributed by atoms with Crippen LogP contribution in [0.15, 0.2) is 18.2 Å². The molecule has 0 spiro atoms. The third-order valence-corrected chi connectivity index (χ3v) is 3.05. The van der Waals surface area contributed by atoms with Crippen molar-refractivity contribution >= 4 is 29.2 Å². The molecule has 0 aromatic heterocycles. The Morgan fingerprint density at radius 1 is 1.47 bits per heavy atom. The van der Waals surface area contributed by atoms with E-state index in [0.717, 1.165) is 0 Å². The number of benzene rings is 1. The molecule has 0 saturated carbocycles. The second kappa shape index (κ2) is 6.99. The lowest BCUT2D eigenvalue weighted by molar-refractivity contribution is -0.137. The zero-order valence-electron chi connectivity index (χ0n) is 10.6. The summed E-state index contributed by atoms with van der Waals surface area (Å²) in [5, 5.41) is 11.6. The fraction of sp³-hybridized carbons (Fsp3) is 0.385. The molecule has 6 heteroatoms. The summed E-state index contributed by atoms with van der Waals surface area (Å²) in [4.78, 5) is 22.2. The quantitative estimate of drug-likeness (QED) is 0.698. The first-order valence-corrected chi connectivity index (χ1v) is 6.33. The topological polar surface area (TPSA) is 92.4 Å². The van der Waals surface area contributed by atoms with Crippen LogP contribution in [0.3, 0.4) is 0 Å². The van der Waals surface area contributed by atoms with Crippen molar-refractivity contribution in [1.82, 2.24) is 5.32 Å². The van der Waals surface area contributed by atoms with Gasteiger partial charge in [-0.25, -0.2) is 0 Å². The number of nitrogens with two attached hydrogens (primary N) is 1. The zero-order valence-corrected chi connectivity index (χ0v) is 11.4. The van der Waals surface area contributed by atoms with Gasteiger partial charge < -0.3 is 16.2 Å². The van der Waals surface area contributed by atoms with Crippen LogP contribution in [0.4, 0.5) is 5.69 Å². The van der Waals surface area contributed by atoms with E-state index < -0.39 is 5.97 Å². The molecule has 0 aliphatic carbocycles. The number of hydrogen-bond acceptors (Lipinski definition) is 3. The minimum atomic E-state index is -0.830. The number of hydrogen-bond donors (Lipinski definition) is 3. The molecule has 0 aliphatic heterocycles. The van der Waals surface area contributed by atoms with Gasteiger partial charge in [-0.3, -0.25) is 9.59 Å². The number of aliphatic carboxylic acids is 1. The summed E-state index contributed by atoms with van der Waals surface area (Å²) in [7, 11) is 0. The van der Waals surface area contributed by atoms with Crippen molar-refractivity contribution in [2.45, 2.75) is 19.8 Å². The number of nitrogen functional groups attached to an aromatic ring is 1. The summed E-state index contributed by atoms with van der Waals surface area (Å²) in [6.45, 7) is 2.31. The summed E-state index contributed by atoms with van der Waals surface area (Å²) in [6.07, 6.45) is 0.628. The van der Waals surface area contributed by atoms with Crippen LogP contribution in [0, 0.1) is 5.92 Å². The maximum Gasteiger partial charge on any atom is 0.303 e. The Kier molecular flexibility index (Phi) is 5.63. The molecule has 1 rings (SSSR count). The molecule has 0 aliphatic rings. The highest BCUT2D eigenvalue weighted by atomic mass is 35.5. The van der Waals surface area contributed by atoms with Gasteiger partial charge in [0.1, 0.15) is 0 Å². The molecule has 0 radical (unpaired) electrons. The highest BCUT2D eigenvalue weighted by Gasteiger charge is 2.10. The first-order valence-electron chi connectivity index (χ1n) is 5.95. The Balaban J connectivity index is 2.46. The number of halogens is 1.